The largest absolute Gasteiger partial charge is 0.350 e. The summed E-state index contributed by atoms with van der Waals surface area (Å²) in [5, 5.41) is 16.3. The van der Waals surface area contributed by atoms with Crippen molar-refractivity contribution in [3.8, 4) is 0 Å². The Hall–Kier alpha value is -1.95. The van der Waals surface area contributed by atoms with Gasteiger partial charge in [0.25, 0.3) is 5.69 Å². The number of non-ortho nitro benzene ring substituents is 1. The predicted octanol–water partition coefficient (Wildman–Crippen LogP) is 1.38. The summed E-state index contributed by atoms with van der Waals surface area (Å²) in [4.78, 5) is 21.7. The van der Waals surface area contributed by atoms with Crippen LogP contribution in [0.1, 0.15) is 24.9 Å². The number of carbonyl (C=O) groups is 1. The Morgan fingerprint density at radius 1 is 1.50 bits per heavy atom. The van der Waals surface area contributed by atoms with Gasteiger partial charge < -0.3 is 10.6 Å². The predicted molar refractivity (Wildman–Crippen MR) is 68.2 cm³/mol. The number of amides is 1. The highest BCUT2D eigenvalue weighted by Gasteiger charge is 2.12. The van der Waals surface area contributed by atoms with E-state index in [2.05, 4.69) is 10.6 Å². The number of carbonyl (C=O) groups excluding carboxylic acids is 1. The third-order valence-electron chi connectivity index (χ3n) is 2.56. The molecule has 1 amide bonds. The Kier molecular flexibility index (Phi) is 5.26. The van der Waals surface area contributed by atoms with Crippen molar-refractivity contribution >= 4 is 11.6 Å². The van der Waals surface area contributed by atoms with Gasteiger partial charge >= 0.3 is 0 Å². The number of nitrogens with one attached hydrogen (secondary N) is 2. The van der Waals surface area contributed by atoms with E-state index in [4.69, 9.17) is 0 Å². The number of nitro groups is 1. The third-order valence-corrected chi connectivity index (χ3v) is 2.56. The summed E-state index contributed by atoms with van der Waals surface area (Å²) in [6.07, 6.45) is 0.385. The van der Waals surface area contributed by atoms with Gasteiger partial charge in [0.1, 0.15) is 0 Å². The summed E-state index contributed by atoms with van der Waals surface area (Å²) >= 11 is 0. The Bertz CT molecular complexity index is 434. The monoisotopic (exact) mass is 251 g/mol. The lowest BCUT2D eigenvalue weighted by atomic mass is 10.1. The molecule has 0 spiro atoms. The molecule has 6 heteroatoms. The van der Waals surface area contributed by atoms with Crippen LogP contribution < -0.4 is 10.6 Å². The zero-order chi connectivity index (χ0) is 13.5. The normalized spacial score (nSPS) is 11.9. The van der Waals surface area contributed by atoms with Gasteiger partial charge in [-0.15, -0.1) is 0 Å². The highest BCUT2D eigenvalue weighted by atomic mass is 16.6. The number of benzene rings is 1. The van der Waals surface area contributed by atoms with Crippen LogP contribution in [0, 0.1) is 10.1 Å². The molecule has 0 aliphatic carbocycles. The number of rotatable bonds is 6. The number of nitrogens with zero attached hydrogens (tertiary/aromatic N) is 1. The lowest BCUT2D eigenvalue weighted by Gasteiger charge is -2.14. The Balaban J connectivity index is 2.66. The van der Waals surface area contributed by atoms with Gasteiger partial charge in [0.05, 0.1) is 11.0 Å². The molecule has 1 aromatic rings. The molecule has 1 rings (SSSR count). The molecule has 6 nitrogen and oxygen atoms in total. The number of hydrogen-bond donors (Lipinski definition) is 2. The van der Waals surface area contributed by atoms with Gasteiger partial charge in [-0.05, 0) is 19.5 Å². The van der Waals surface area contributed by atoms with Crippen molar-refractivity contribution in [2.45, 2.75) is 19.4 Å². The van der Waals surface area contributed by atoms with Crippen molar-refractivity contribution in [2.24, 2.45) is 0 Å². The highest BCUT2D eigenvalue weighted by Crippen LogP contribution is 2.18. The smallest absolute Gasteiger partial charge is 0.269 e. The van der Waals surface area contributed by atoms with Crippen LogP contribution in [0.25, 0.3) is 0 Å². The van der Waals surface area contributed by atoms with Crippen LogP contribution in [-0.2, 0) is 4.79 Å². The summed E-state index contributed by atoms with van der Waals surface area (Å²) in [7, 11) is 1.78. The standard InChI is InChI=1S/C12H17N3O3/c1-9(14-12(16)6-7-13-2)10-4-3-5-11(8-10)15(17)18/h3-5,8-9,13H,6-7H2,1-2H3,(H,14,16). The lowest BCUT2D eigenvalue weighted by Crippen LogP contribution is -2.29. The Labute approximate surface area is 106 Å². The van der Waals surface area contributed by atoms with Crippen LogP contribution in [0.5, 0.6) is 0 Å². The second-order valence-corrected chi connectivity index (χ2v) is 3.99. The van der Waals surface area contributed by atoms with Crippen molar-refractivity contribution in [1.82, 2.24) is 10.6 Å². The van der Waals surface area contributed by atoms with Gasteiger partial charge in [-0.3, -0.25) is 14.9 Å². The molecule has 0 saturated heterocycles. The summed E-state index contributed by atoms with van der Waals surface area (Å²) in [6.45, 7) is 2.41. The van der Waals surface area contributed by atoms with Crippen molar-refractivity contribution in [3.05, 3.63) is 39.9 Å². The molecule has 0 saturated carbocycles. The molecule has 18 heavy (non-hydrogen) atoms. The van der Waals surface area contributed by atoms with E-state index in [9.17, 15) is 14.9 Å². The van der Waals surface area contributed by atoms with Crippen LogP contribution >= 0.6 is 0 Å². The minimum Gasteiger partial charge on any atom is -0.350 e. The second-order valence-electron chi connectivity index (χ2n) is 3.99. The average molecular weight is 251 g/mol. The van der Waals surface area contributed by atoms with Gasteiger partial charge in [0.15, 0.2) is 0 Å². The number of nitro benzene ring substituents is 1. The van der Waals surface area contributed by atoms with Crippen LogP contribution in [-0.4, -0.2) is 24.4 Å². The van der Waals surface area contributed by atoms with E-state index in [1.54, 1.807) is 26.1 Å². The molecule has 0 radical (unpaired) electrons. The fourth-order valence-corrected chi connectivity index (χ4v) is 1.54. The molecule has 0 heterocycles. The first kappa shape index (κ1) is 14.1. The molecule has 0 aromatic heterocycles. The van der Waals surface area contributed by atoms with Gasteiger partial charge in [0, 0.05) is 25.1 Å². The molecular weight excluding hydrogens is 234 g/mol. The maximum absolute atomic E-state index is 11.5. The Morgan fingerprint density at radius 3 is 2.83 bits per heavy atom. The van der Waals surface area contributed by atoms with E-state index in [1.165, 1.54) is 12.1 Å². The highest BCUT2D eigenvalue weighted by molar-refractivity contribution is 5.76. The van der Waals surface area contributed by atoms with Crippen molar-refractivity contribution < 1.29 is 9.72 Å². The van der Waals surface area contributed by atoms with Crippen LogP contribution in [0.3, 0.4) is 0 Å². The first-order valence-corrected chi connectivity index (χ1v) is 5.73. The third kappa shape index (κ3) is 4.14. The second kappa shape index (κ2) is 6.70. The number of hydrogen-bond acceptors (Lipinski definition) is 4. The molecule has 1 aromatic carbocycles. The molecular formula is C12H17N3O3. The van der Waals surface area contributed by atoms with E-state index in [0.29, 0.717) is 13.0 Å². The molecule has 2 N–H and O–H groups in total. The fourth-order valence-electron chi connectivity index (χ4n) is 1.54. The van der Waals surface area contributed by atoms with Crippen LogP contribution in [0.2, 0.25) is 0 Å². The van der Waals surface area contributed by atoms with E-state index in [0.717, 1.165) is 5.56 Å². The summed E-state index contributed by atoms with van der Waals surface area (Å²) in [5.41, 5.74) is 0.755. The maximum atomic E-state index is 11.5. The minimum absolute atomic E-state index is 0.0313. The molecule has 0 aliphatic heterocycles. The fraction of sp³-hybridized carbons (Fsp3) is 0.417. The molecule has 0 fully saturated rings. The molecule has 98 valence electrons. The molecule has 1 unspecified atom stereocenters. The molecule has 0 aliphatic rings. The topological polar surface area (TPSA) is 84.3 Å². The lowest BCUT2D eigenvalue weighted by molar-refractivity contribution is -0.384. The van der Waals surface area contributed by atoms with Crippen LogP contribution in [0.15, 0.2) is 24.3 Å². The Morgan fingerprint density at radius 2 is 2.22 bits per heavy atom. The zero-order valence-electron chi connectivity index (χ0n) is 10.5. The van der Waals surface area contributed by atoms with E-state index in [-0.39, 0.29) is 17.6 Å². The average Bonchev–Trinajstić information content (AvgIpc) is 2.36. The van der Waals surface area contributed by atoms with E-state index < -0.39 is 4.92 Å². The summed E-state index contributed by atoms with van der Waals surface area (Å²) in [5.74, 6) is -0.0802. The summed E-state index contributed by atoms with van der Waals surface area (Å²) < 4.78 is 0. The van der Waals surface area contributed by atoms with Gasteiger partial charge in [-0.2, -0.15) is 0 Å². The molecule has 0 bridgehead atoms. The SMILES string of the molecule is CNCCC(=O)NC(C)c1cccc([N+](=O)[O-])c1. The minimum atomic E-state index is -0.445. The first-order chi connectivity index (χ1) is 8.54. The molecule has 1 atom stereocenters. The van der Waals surface area contributed by atoms with Crippen molar-refractivity contribution in [1.29, 1.82) is 0 Å². The van der Waals surface area contributed by atoms with E-state index >= 15 is 0 Å². The van der Waals surface area contributed by atoms with Crippen molar-refractivity contribution in [2.75, 3.05) is 13.6 Å². The van der Waals surface area contributed by atoms with Crippen LogP contribution in [0.4, 0.5) is 5.69 Å². The summed E-state index contributed by atoms with van der Waals surface area (Å²) in [6, 6.07) is 6.04. The van der Waals surface area contributed by atoms with Gasteiger partial charge in [0.2, 0.25) is 5.91 Å². The van der Waals surface area contributed by atoms with Gasteiger partial charge in [-0.1, -0.05) is 12.1 Å². The zero-order valence-corrected chi connectivity index (χ0v) is 10.5. The van der Waals surface area contributed by atoms with E-state index in [1.807, 2.05) is 0 Å². The quantitative estimate of drug-likeness (QED) is 0.591. The van der Waals surface area contributed by atoms with Gasteiger partial charge in [-0.25, -0.2) is 0 Å². The first-order valence-electron chi connectivity index (χ1n) is 5.73. The maximum Gasteiger partial charge on any atom is 0.269 e. The van der Waals surface area contributed by atoms with Crippen molar-refractivity contribution in [3.63, 3.8) is 0 Å².